The largest absolute Gasteiger partial charge is 0.338 e. The van der Waals surface area contributed by atoms with Gasteiger partial charge in [-0.15, -0.1) is 0 Å². The van der Waals surface area contributed by atoms with Crippen LogP contribution in [0.2, 0.25) is 0 Å². The van der Waals surface area contributed by atoms with E-state index >= 15 is 0 Å². The minimum absolute atomic E-state index is 0.212. The Kier molecular flexibility index (Phi) is 4.43. The molecule has 0 aromatic rings. The molecule has 17 heavy (non-hydrogen) atoms. The van der Waals surface area contributed by atoms with Gasteiger partial charge in [-0.2, -0.15) is 0 Å². The third kappa shape index (κ3) is 2.82. The average Bonchev–Trinajstić information content (AvgIpc) is 2.37. The van der Waals surface area contributed by atoms with Crippen molar-refractivity contribution in [1.29, 1.82) is 0 Å². The molecule has 2 rings (SSSR count). The zero-order valence-electron chi connectivity index (χ0n) is 11.0. The highest BCUT2D eigenvalue weighted by molar-refractivity contribution is 5.82. The quantitative estimate of drug-likeness (QED) is 0.820. The van der Waals surface area contributed by atoms with Gasteiger partial charge in [0.25, 0.3) is 0 Å². The van der Waals surface area contributed by atoms with Gasteiger partial charge in [0.2, 0.25) is 5.91 Å². The zero-order chi connectivity index (χ0) is 12.3. The maximum Gasteiger partial charge on any atom is 0.239 e. The fourth-order valence-corrected chi connectivity index (χ4v) is 3.55. The lowest BCUT2D eigenvalue weighted by atomic mass is 9.78. The van der Waals surface area contributed by atoms with E-state index in [2.05, 4.69) is 11.8 Å². The minimum Gasteiger partial charge on any atom is -0.338 e. The van der Waals surface area contributed by atoms with Gasteiger partial charge in [0.05, 0.1) is 6.04 Å². The molecule has 2 aliphatic rings. The molecule has 0 unspecified atom stereocenters. The van der Waals surface area contributed by atoms with Gasteiger partial charge in [-0.1, -0.05) is 26.2 Å². The average molecular weight is 238 g/mol. The summed E-state index contributed by atoms with van der Waals surface area (Å²) >= 11 is 0. The van der Waals surface area contributed by atoms with Crippen molar-refractivity contribution in [2.45, 2.75) is 70.4 Å². The normalized spacial score (nSPS) is 30.8. The number of carbonyl (C=O) groups excluding carboxylic acids is 1. The molecule has 1 heterocycles. The molecule has 1 aliphatic heterocycles. The van der Waals surface area contributed by atoms with Crippen molar-refractivity contribution in [2.75, 3.05) is 6.54 Å². The van der Waals surface area contributed by atoms with Crippen molar-refractivity contribution in [3.63, 3.8) is 0 Å². The van der Waals surface area contributed by atoms with Crippen LogP contribution in [0.15, 0.2) is 0 Å². The van der Waals surface area contributed by atoms with Crippen molar-refractivity contribution in [3.8, 4) is 0 Å². The molecule has 0 aromatic carbocycles. The summed E-state index contributed by atoms with van der Waals surface area (Å²) in [5.41, 5.74) is 5.99. The molecule has 98 valence electrons. The maximum absolute atomic E-state index is 12.3. The summed E-state index contributed by atoms with van der Waals surface area (Å²) in [5.74, 6) is 0.971. The highest BCUT2D eigenvalue weighted by Gasteiger charge is 2.36. The molecule has 3 atom stereocenters. The number of likely N-dealkylation sites (tertiary alicyclic amines) is 1. The fraction of sp³-hybridized carbons (Fsp3) is 0.929. The van der Waals surface area contributed by atoms with Crippen LogP contribution in [0.25, 0.3) is 0 Å². The molecule has 3 heteroatoms. The molecule has 1 saturated heterocycles. The van der Waals surface area contributed by atoms with Crippen LogP contribution in [0.4, 0.5) is 0 Å². The number of carbonyl (C=O) groups is 1. The second-order valence-corrected chi connectivity index (χ2v) is 5.68. The third-order valence-electron chi connectivity index (χ3n) is 4.44. The van der Waals surface area contributed by atoms with E-state index in [4.69, 9.17) is 5.73 Å². The molecule has 3 nitrogen and oxygen atoms in total. The summed E-state index contributed by atoms with van der Waals surface area (Å²) in [6.45, 7) is 3.03. The van der Waals surface area contributed by atoms with Gasteiger partial charge in [0.1, 0.15) is 0 Å². The Labute approximate surface area is 105 Å². The summed E-state index contributed by atoms with van der Waals surface area (Å²) in [6, 6.07) is 0.244. The van der Waals surface area contributed by atoms with Gasteiger partial charge in [0.15, 0.2) is 0 Å². The molecule has 2 N–H and O–H groups in total. The Morgan fingerprint density at radius 1 is 1.29 bits per heavy atom. The molecule has 0 radical (unpaired) electrons. The second kappa shape index (κ2) is 5.85. The Bertz CT molecular complexity index is 265. The lowest BCUT2D eigenvalue weighted by Gasteiger charge is -2.45. The van der Waals surface area contributed by atoms with Crippen LogP contribution in [-0.4, -0.2) is 29.4 Å². The van der Waals surface area contributed by atoms with E-state index in [0.717, 1.165) is 25.3 Å². The van der Waals surface area contributed by atoms with E-state index < -0.39 is 0 Å². The number of amides is 1. The first-order valence-electron chi connectivity index (χ1n) is 7.30. The SMILES string of the molecule is CCC[C@@H](N)C(=O)N1CCC[C@H]2CCCC[C@H]21. The van der Waals surface area contributed by atoms with E-state index in [9.17, 15) is 4.79 Å². The van der Waals surface area contributed by atoms with Crippen LogP contribution in [0.1, 0.15) is 58.3 Å². The first-order chi connectivity index (χ1) is 8.24. The molecular weight excluding hydrogens is 212 g/mol. The maximum atomic E-state index is 12.3. The molecule has 1 amide bonds. The summed E-state index contributed by atoms with van der Waals surface area (Å²) < 4.78 is 0. The van der Waals surface area contributed by atoms with Crippen LogP contribution in [0, 0.1) is 5.92 Å². The van der Waals surface area contributed by atoms with Crippen LogP contribution in [-0.2, 0) is 4.79 Å². The van der Waals surface area contributed by atoms with Gasteiger partial charge >= 0.3 is 0 Å². The van der Waals surface area contributed by atoms with Gasteiger partial charge in [0, 0.05) is 12.6 Å². The predicted octanol–water partition coefficient (Wildman–Crippen LogP) is 2.29. The fourth-order valence-electron chi connectivity index (χ4n) is 3.55. The van der Waals surface area contributed by atoms with Crippen molar-refractivity contribution < 1.29 is 4.79 Å². The number of piperidine rings is 1. The zero-order valence-corrected chi connectivity index (χ0v) is 11.0. The monoisotopic (exact) mass is 238 g/mol. The number of rotatable bonds is 3. The Hall–Kier alpha value is -0.570. The molecule has 0 bridgehead atoms. The Balaban J connectivity index is 2.00. The first-order valence-corrected chi connectivity index (χ1v) is 7.30. The molecule has 1 aliphatic carbocycles. The van der Waals surface area contributed by atoms with E-state index in [1.165, 1.54) is 38.5 Å². The van der Waals surface area contributed by atoms with Gasteiger partial charge in [-0.25, -0.2) is 0 Å². The van der Waals surface area contributed by atoms with E-state index in [1.807, 2.05) is 0 Å². The van der Waals surface area contributed by atoms with Gasteiger partial charge in [-0.05, 0) is 38.0 Å². The van der Waals surface area contributed by atoms with Crippen molar-refractivity contribution in [3.05, 3.63) is 0 Å². The second-order valence-electron chi connectivity index (χ2n) is 5.68. The number of hydrogen-bond acceptors (Lipinski definition) is 2. The van der Waals surface area contributed by atoms with Crippen molar-refractivity contribution >= 4 is 5.91 Å². The number of fused-ring (bicyclic) bond motifs is 1. The number of nitrogens with zero attached hydrogens (tertiary/aromatic N) is 1. The lowest BCUT2D eigenvalue weighted by molar-refractivity contribution is -0.139. The summed E-state index contributed by atoms with van der Waals surface area (Å²) in [5, 5.41) is 0. The molecular formula is C14H26N2O. The number of nitrogens with two attached hydrogens (primary N) is 1. The summed E-state index contributed by atoms with van der Waals surface area (Å²) in [6.07, 6.45) is 9.47. The van der Waals surface area contributed by atoms with Crippen molar-refractivity contribution in [2.24, 2.45) is 11.7 Å². The van der Waals surface area contributed by atoms with Crippen LogP contribution >= 0.6 is 0 Å². The van der Waals surface area contributed by atoms with E-state index in [-0.39, 0.29) is 11.9 Å². The van der Waals surface area contributed by atoms with E-state index in [1.54, 1.807) is 0 Å². The number of hydrogen-bond donors (Lipinski definition) is 1. The molecule has 2 fully saturated rings. The standard InChI is InChI=1S/C14H26N2O/c1-2-6-12(15)14(17)16-10-5-8-11-7-3-4-9-13(11)16/h11-13H,2-10,15H2,1H3/t11-,12-,13-/m1/s1. The first kappa shape index (κ1) is 12.9. The summed E-state index contributed by atoms with van der Waals surface area (Å²) in [7, 11) is 0. The van der Waals surface area contributed by atoms with Crippen LogP contribution < -0.4 is 5.73 Å². The van der Waals surface area contributed by atoms with Crippen LogP contribution in [0.5, 0.6) is 0 Å². The van der Waals surface area contributed by atoms with Crippen molar-refractivity contribution in [1.82, 2.24) is 4.90 Å². The third-order valence-corrected chi connectivity index (χ3v) is 4.44. The van der Waals surface area contributed by atoms with Crippen LogP contribution in [0.3, 0.4) is 0 Å². The van der Waals surface area contributed by atoms with Gasteiger partial charge in [-0.3, -0.25) is 4.79 Å². The van der Waals surface area contributed by atoms with Gasteiger partial charge < -0.3 is 10.6 Å². The Morgan fingerprint density at radius 2 is 2.00 bits per heavy atom. The highest BCUT2D eigenvalue weighted by Crippen LogP contribution is 2.35. The smallest absolute Gasteiger partial charge is 0.239 e. The summed E-state index contributed by atoms with van der Waals surface area (Å²) in [4.78, 5) is 14.5. The highest BCUT2D eigenvalue weighted by atomic mass is 16.2. The molecule has 1 saturated carbocycles. The molecule has 0 spiro atoms. The Morgan fingerprint density at radius 3 is 2.76 bits per heavy atom. The van der Waals surface area contributed by atoms with E-state index in [0.29, 0.717) is 6.04 Å². The predicted molar refractivity (Wildman–Crippen MR) is 69.6 cm³/mol. The lowest BCUT2D eigenvalue weighted by Crippen LogP contribution is -2.54. The minimum atomic E-state index is -0.263. The topological polar surface area (TPSA) is 46.3 Å². The molecule has 0 aromatic heterocycles.